The van der Waals surface area contributed by atoms with Crippen molar-refractivity contribution in [1.29, 1.82) is 0 Å². The second-order valence-corrected chi connectivity index (χ2v) is 4.54. The summed E-state index contributed by atoms with van der Waals surface area (Å²) in [6.07, 6.45) is 4.70. The number of hydrogen-bond acceptors (Lipinski definition) is 3. The van der Waals surface area contributed by atoms with Crippen LogP contribution in [0.25, 0.3) is 0 Å². The number of hydrogen-bond donors (Lipinski definition) is 2. The van der Waals surface area contributed by atoms with Crippen LogP contribution < -0.4 is 16.2 Å². The first-order chi connectivity index (χ1) is 8.77. The summed E-state index contributed by atoms with van der Waals surface area (Å²) in [6.45, 7) is 0.637. The van der Waals surface area contributed by atoms with Gasteiger partial charge >= 0.3 is 35.5 Å². The van der Waals surface area contributed by atoms with E-state index in [9.17, 15) is 5.11 Å². The van der Waals surface area contributed by atoms with E-state index in [0.717, 1.165) is 18.4 Å². The molecule has 0 spiro atoms. The molecule has 0 heterocycles. The van der Waals surface area contributed by atoms with Crippen LogP contribution in [0.15, 0.2) is 24.3 Å². The Labute approximate surface area is 131 Å². The van der Waals surface area contributed by atoms with Crippen LogP contribution in [0.4, 0.5) is 0 Å². The van der Waals surface area contributed by atoms with E-state index < -0.39 is 0 Å². The molecule has 0 aliphatic heterocycles. The van der Waals surface area contributed by atoms with Crippen LogP contribution in [-0.2, 0) is 22.7 Å². The zero-order valence-corrected chi connectivity index (χ0v) is 14.6. The summed E-state index contributed by atoms with van der Waals surface area (Å²) in [7, 11) is 0. The topological polar surface area (TPSA) is 61.1 Å². The molecule has 104 valence electrons. The summed E-state index contributed by atoms with van der Waals surface area (Å²) < 4.78 is 0. The molecule has 0 aromatic heterocycles. The summed E-state index contributed by atoms with van der Waals surface area (Å²) in [5, 5.41) is 14.9. The second-order valence-electron chi connectivity index (χ2n) is 4.54. The second kappa shape index (κ2) is 9.29. The van der Waals surface area contributed by atoms with Gasteiger partial charge in [-0.3, -0.25) is 0 Å². The number of benzene rings is 1. The van der Waals surface area contributed by atoms with Gasteiger partial charge < -0.3 is 16.2 Å². The Hall–Kier alpha value is 0.358. The summed E-state index contributed by atoms with van der Waals surface area (Å²) in [4.78, 5) is 0. The van der Waals surface area contributed by atoms with E-state index >= 15 is 0 Å². The number of halogens is 1. The maximum atomic E-state index is 11.5. The van der Waals surface area contributed by atoms with Gasteiger partial charge in [-0.15, -0.1) is 5.75 Å². The van der Waals surface area contributed by atoms with Gasteiger partial charge in [-0.05, 0) is 18.4 Å². The average Bonchev–Trinajstić information content (AvgIpc) is 2.42. The first kappa shape index (κ1) is 16.4. The van der Waals surface area contributed by atoms with E-state index in [2.05, 4.69) is 40.8 Å². The van der Waals surface area contributed by atoms with Crippen LogP contribution in [0.5, 0.6) is 5.75 Å². The Kier molecular flexibility index (Phi) is 8.47. The van der Waals surface area contributed by atoms with Gasteiger partial charge in [-0.25, -0.2) is 0 Å². The summed E-state index contributed by atoms with van der Waals surface area (Å²) in [6, 6.07) is 7.78. The summed E-state index contributed by atoms with van der Waals surface area (Å²) in [5.74, 6) is 0.111. The quantitative estimate of drug-likeness (QED) is 0.576. The van der Waals surface area contributed by atoms with Crippen molar-refractivity contribution < 1.29 is 21.2 Å². The summed E-state index contributed by atoms with van der Waals surface area (Å²) >= 11 is 4.23. The van der Waals surface area contributed by atoms with E-state index in [-0.39, 0.29) is 11.8 Å². The number of nitrogens with two attached hydrogens (primary N) is 1. The molecule has 1 saturated carbocycles. The van der Waals surface area contributed by atoms with Crippen LogP contribution in [0.2, 0.25) is 0 Å². The van der Waals surface area contributed by atoms with E-state index in [1.165, 1.54) is 12.8 Å². The standard InChI is InChI=1S/C13H20N2O.HI.Pt/c14-11-6-2-3-7-12(11)15-9-10-5-1-4-8-13(10)16;;/h1,4-5,8,11-12,15-16H,2-3,6-7,9,14H2;1H;/q;;+2/p-2/t11-,12-;;/m1../s1. The molecule has 1 aliphatic carbocycles. The number of nitrogens with one attached hydrogen (secondary N) is 1. The summed E-state index contributed by atoms with van der Waals surface area (Å²) in [5.41, 5.74) is 6.87. The number of rotatable bonds is 3. The molecule has 5 heteroatoms. The van der Waals surface area contributed by atoms with Crippen molar-refractivity contribution in [1.82, 2.24) is 5.32 Å². The van der Waals surface area contributed by atoms with Gasteiger partial charge in [-0.2, -0.15) is 0 Å². The van der Waals surface area contributed by atoms with E-state index in [0.29, 0.717) is 12.6 Å². The van der Waals surface area contributed by atoms with E-state index in [1.807, 2.05) is 12.1 Å². The van der Waals surface area contributed by atoms with Gasteiger partial charge in [0.1, 0.15) is 0 Å². The van der Waals surface area contributed by atoms with Crippen LogP contribution in [0, 0.1) is 0 Å². The van der Waals surface area contributed by atoms with Gasteiger partial charge in [0.05, 0.1) is 0 Å². The Morgan fingerprint density at radius 2 is 1.94 bits per heavy atom. The van der Waals surface area contributed by atoms with E-state index in [4.69, 9.17) is 5.73 Å². The fourth-order valence-electron chi connectivity index (χ4n) is 2.30. The van der Waals surface area contributed by atoms with Crippen molar-refractivity contribution >= 4 is 19.4 Å². The molecule has 0 amide bonds. The molecule has 1 aromatic rings. The van der Waals surface area contributed by atoms with Gasteiger partial charge in [0.2, 0.25) is 0 Å². The predicted molar refractivity (Wildman–Crippen MR) is 77.0 cm³/mol. The third-order valence-electron chi connectivity index (χ3n) is 3.35. The van der Waals surface area contributed by atoms with Gasteiger partial charge in [0.25, 0.3) is 0 Å². The molecule has 18 heavy (non-hydrogen) atoms. The molecule has 1 fully saturated rings. The molecule has 0 radical (unpaired) electrons. The van der Waals surface area contributed by atoms with Crippen LogP contribution in [-0.4, -0.2) is 12.1 Å². The van der Waals surface area contributed by atoms with Gasteiger partial charge in [-0.1, -0.05) is 37.1 Å². The van der Waals surface area contributed by atoms with Crippen LogP contribution >= 0.6 is 19.4 Å². The van der Waals surface area contributed by atoms with Crippen molar-refractivity contribution in [3.8, 4) is 5.75 Å². The molecule has 3 N–H and O–H groups in total. The zero-order chi connectivity index (χ0) is 13.4. The molecule has 0 saturated heterocycles. The van der Waals surface area contributed by atoms with Crippen molar-refractivity contribution in [3.63, 3.8) is 0 Å². The minimum absolute atomic E-state index is 0.111. The molecule has 3 nitrogen and oxygen atoms in total. The van der Waals surface area contributed by atoms with Crippen LogP contribution in [0.3, 0.4) is 0 Å². The molecule has 0 unspecified atom stereocenters. The van der Waals surface area contributed by atoms with Crippen LogP contribution in [0.1, 0.15) is 31.2 Å². The fourth-order valence-corrected chi connectivity index (χ4v) is 2.30. The zero-order valence-electron chi connectivity index (χ0n) is 10.2. The Bertz CT molecular complexity index is 352. The fraction of sp³-hybridized carbons (Fsp3) is 0.538. The third-order valence-corrected chi connectivity index (χ3v) is 3.35. The molecule has 2 atom stereocenters. The molecule has 1 aromatic carbocycles. The average molecular weight is 541 g/mol. The molecular formula is C13H19IN2OPt. The van der Waals surface area contributed by atoms with Gasteiger partial charge in [0.15, 0.2) is 0 Å². The maximum absolute atomic E-state index is 11.5. The van der Waals surface area contributed by atoms with Crippen molar-refractivity contribution in [2.75, 3.05) is 0 Å². The first-order valence-corrected chi connectivity index (χ1v) is 12.6. The molecule has 2 rings (SSSR count). The van der Waals surface area contributed by atoms with E-state index in [1.54, 1.807) is 12.1 Å². The minimum atomic E-state index is 0.111. The Morgan fingerprint density at radius 3 is 2.61 bits per heavy atom. The third kappa shape index (κ3) is 5.16. The van der Waals surface area contributed by atoms with Crippen molar-refractivity contribution in [3.05, 3.63) is 29.8 Å². The van der Waals surface area contributed by atoms with Crippen molar-refractivity contribution in [2.24, 2.45) is 5.73 Å². The van der Waals surface area contributed by atoms with Crippen molar-refractivity contribution in [2.45, 2.75) is 44.3 Å². The Morgan fingerprint density at radius 1 is 1.28 bits per heavy atom. The normalized spacial score (nSPS) is 23.1. The monoisotopic (exact) mass is 541 g/mol. The van der Waals surface area contributed by atoms with Gasteiger partial charge in [0, 0.05) is 18.6 Å². The molecule has 1 aliphatic rings. The SMILES string of the molecule is N[C@@H]1CCCC[C@H]1NCc1ccccc1[O-].[I][Pt+]. The number of para-hydroxylation sites is 1. The molecular weight excluding hydrogens is 522 g/mol. The first-order valence-electron chi connectivity index (χ1n) is 6.13. The Balaban J connectivity index is 0.000000771. The molecule has 0 bridgehead atoms. The predicted octanol–water partition coefficient (Wildman–Crippen LogP) is 2.00.